The molecular weight excluding hydrogens is 803 g/mol. The van der Waals surface area contributed by atoms with Crippen molar-refractivity contribution in [3.05, 3.63) is 215 Å². The summed E-state index contributed by atoms with van der Waals surface area (Å²) in [4.78, 5) is 2.46. The lowest BCUT2D eigenvalue weighted by atomic mass is 9.64. The van der Waals surface area contributed by atoms with Gasteiger partial charge in [0.05, 0.1) is 28.2 Å². The van der Waals surface area contributed by atoms with Crippen LogP contribution >= 0.6 is 0 Å². The second kappa shape index (κ2) is 15.2. The van der Waals surface area contributed by atoms with E-state index in [1.54, 1.807) is 0 Å². The molecule has 2 aliphatic rings. The van der Waals surface area contributed by atoms with Gasteiger partial charge in [-0.2, -0.15) is 0 Å². The van der Waals surface area contributed by atoms with Gasteiger partial charge in [0, 0.05) is 24.1 Å². The summed E-state index contributed by atoms with van der Waals surface area (Å²) < 4.78 is 11.3. The topological polar surface area (TPSA) is 21.3 Å². The molecule has 1 spiro atoms. The fourth-order valence-electron chi connectivity index (χ4n) is 10.1. The number of ether oxygens (including phenoxy) is 1. The second-order valence-electron chi connectivity index (χ2n) is 22.6. The smallest absolute Gasteiger partial charge is 0.268 e. The Morgan fingerprint density at radius 1 is 0.439 bits per heavy atom. The first-order valence-corrected chi connectivity index (χ1v) is 23.6. The van der Waals surface area contributed by atoms with Crippen molar-refractivity contribution in [3.63, 3.8) is 0 Å². The van der Waals surface area contributed by atoms with Crippen LogP contribution in [0.3, 0.4) is 0 Å². The molecule has 7 aromatic carbocycles. The van der Waals surface area contributed by atoms with Crippen molar-refractivity contribution >= 4 is 17.1 Å². The third-order valence-electron chi connectivity index (χ3n) is 13.9. The number of para-hydroxylation sites is 1. The zero-order chi connectivity index (χ0) is 46.6. The summed E-state index contributed by atoms with van der Waals surface area (Å²) in [6.45, 7) is 27.4. The van der Waals surface area contributed by atoms with E-state index in [4.69, 9.17) is 4.74 Å². The standard InChI is InChI=1S/C62H63N3O/c1-58(2,3)41-20-19-21-45(33-41)65-56-27-18-17-26-54(56)62(52-24-15-13-22-50(52)51-23-14-16-25-53(51)62)55-29-28-48(39-57(55)65)66-49-37-44(61(10,11)12)36-47(38-49)64-31-30-63(40-64)46-34-42(59(4,5)6)32-43(35-46)60(7,8)9/h13-39H,1-12H3. The van der Waals surface area contributed by atoms with Gasteiger partial charge in [0.25, 0.3) is 6.33 Å². The highest BCUT2D eigenvalue weighted by Crippen LogP contribution is 2.63. The molecule has 0 bridgehead atoms. The minimum atomic E-state index is -0.533. The number of aromatic nitrogens is 2. The van der Waals surface area contributed by atoms with Crippen molar-refractivity contribution in [2.75, 3.05) is 4.90 Å². The van der Waals surface area contributed by atoms with Crippen molar-refractivity contribution in [1.29, 1.82) is 0 Å². The Labute approximate surface area is 393 Å². The number of fused-ring (bicyclic) bond motifs is 9. The van der Waals surface area contributed by atoms with Crippen molar-refractivity contribution in [2.24, 2.45) is 0 Å². The summed E-state index contributed by atoms with van der Waals surface area (Å²) in [5.74, 6) is 1.55. The van der Waals surface area contributed by atoms with E-state index in [0.29, 0.717) is 0 Å². The molecule has 8 aromatic rings. The minimum Gasteiger partial charge on any atom is -0.458 e. The molecule has 0 amide bonds. The number of hydrogen-bond donors (Lipinski definition) is 0. The fourth-order valence-corrected chi connectivity index (χ4v) is 10.1. The lowest BCUT2D eigenvalue weighted by Crippen LogP contribution is -2.36. The molecule has 1 aliphatic heterocycles. The monoisotopic (exact) mass is 865 g/mol. The Balaban J connectivity index is 1.13. The first-order valence-electron chi connectivity index (χ1n) is 23.6. The van der Waals surface area contributed by atoms with Crippen molar-refractivity contribution < 1.29 is 9.30 Å². The van der Waals surface area contributed by atoms with Crippen molar-refractivity contribution in [2.45, 2.75) is 110 Å². The first-order chi connectivity index (χ1) is 31.2. The van der Waals surface area contributed by atoms with Crippen LogP contribution in [0.25, 0.3) is 22.5 Å². The molecule has 0 unspecified atom stereocenters. The van der Waals surface area contributed by atoms with Crippen LogP contribution in [0, 0.1) is 6.33 Å². The zero-order valence-electron chi connectivity index (χ0n) is 40.8. The predicted molar refractivity (Wildman–Crippen MR) is 273 cm³/mol. The number of imidazole rings is 1. The van der Waals surface area contributed by atoms with Gasteiger partial charge in [0.2, 0.25) is 0 Å². The van der Waals surface area contributed by atoms with Crippen LogP contribution in [0.4, 0.5) is 17.1 Å². The molecule has 1 aromatic heterocycles. The normalized spacial score (nSPS) is 14.2. The molecule has 2 heterocycles. The van der Waals surface area contributed by atoms with E-state index < -0.39 is 5.41 Å². The third-order valence-corrected chi connectivity index (χ3v) is 13.9. The van der Waals surface area contributed by atoms with Gasteiger partial charge in [-0.25, -0.2) is 0 Å². The third kappa shape index (κ3) is 7.26. The van der Waals surface area contributed by atoms with Crippen LogP contribution < -0.4 is 14.2 Å². The highest BCUT2D eigenvalue weighted by molar-refractivity contribution is 5.96. The molecule has 0 fully saturated rings. The number of rotatable bonds is 5. The molecule has 0 saturated carbocycles. The van der Waals surface area contributed by atoms with Crippen LogP contribution in [0.1, 0.15) is 128 Å². The summed E-state index contributed by atoms with van der Waals surface area (Å²) in [5.41, 5.74) is 17.6. The number of anilines is 3. The average molecular weight is 866 g/mol. The molecule has 4 heteroatoms. The van der Waals surface area contributed by atoms with Gasteiger partial charge in [0.15, 0.2) is 0 Å². The van der Waals surface area contributed by atoms with Crippen LogP contribution in [-0.2, 0) is 27.1 Å². The maximum Gasteiger partial charge on any atom is 0.268 e. The Morgan fingerprint density at radius 3 is 1.61 bits per heavy atom. The highest BCUT2D eigenvalue weighted by atomic mass is 16.5. The molecule has 0 atom stereocenters. The summed E-state index contributed by atoms with van der Waals surface area (Å²) in [6.07, 6.45) is 7.89. The quantitative estimate of drug-likeness (QED) is 0.127. The van der Waals surface area contributed by atoms with Gasteiger partial charge in [0.1, 0.15) is 11.5 Å². The Kier molecular flexibility index (Phi) is 9.96. The zero-order valence-corrected chi connectivity index (χ0v) is 40.8. The summed E-state index contributed by atoms with van der Waals surface area (Å²) in [6, 6.07) is 56.4. The molecule has 4 nitrogen and oxygen atoms in total. The van der Waals surface area contributed by atoms with Gasteiger partial charge in [-0.15, -0.1) is 0 Å². The minimum absolute atomic E-state index is 0.00659. The Hall–Kier alpha value is -6.65. The Bertz CT molecular complexity index is 3100. The summed E-state index contributed by atoms with van der Waals surface area (Å²) >= 11 is 0. The molecule has 0 N–H and O–H groups in total. The SMILES string of the molecule is CC(C)(C)c1cccc(N2c3ccccc3C3(c4ccccc4-c4ccccc43)c3ccc(Oc4cc(-n5[c-][n+](-c6cc(C(C)(C)C)cc(C(C)(C)C)c6)cc5)cc(C(C)(C)C)c4)cc32)c1. The fraction of sp³-hybridized carbons (Fsp3) is 0.274. The molecule has 10 rings (SSSR count). The van der Waals surface area contributed by atoms with E-state index in [2.05, 4.69) is 267 Å². The van der Waals surface area contributed by atoms with Crippen LogP contribution in [0.2, 0.25) is 0 Å². The van der Waals surface area contributed by atoms with Crippen molar-refractivity contribution in [1.82, 2.24) is 4.57 Å². The van der Waals surface area contributed by atoms with E-state index in [9.17, 15) is 0 Å². The average Bonchev–Trinajstić information content (AvgIpc) is 3.88. The molecule has 332 valence electrons. The summed E-state index contributed by atoms with van der Waals surface area (Å²) in [5, 5.41) is 0. The van der Waals surface area contributed by atoms with Crippen LogP contribution in [-0.4, -0.2) is 4.57 Å². The van der Waals surface area contributed by atoms with Crippen LogP contribution in [0.5, 0.6) is 11.5 Å². The van der Waals surface area contributed by atoms with Crippen molar-refractivity contribution in [3.8, 4) is 34.0 Å². The lowest BCUT2D eigenvalue weighted by Gasteiger charge is -2.45. The highest BCUT2D eigenvalue weighted by Gasteiger charge is 2.51. The maximum absolute atomic E-state index is 7.12. The lowest BCUT2D eigenvalue weighted by molar-refractivity contribution is -0.599. The van der Waals surface area contributed by atoms with Gasteiger partial charge < -0.3 is 9.64 Å². The largest absolute Gasteiger partial charge is 0.458 e. The molecule has 0 saturated heterocycles. The van der Waals surface area contributed by atoms with Crippen LogP contribution in [0.15, 0.2) is 164 Å². The maximum atomic E-state index is 7.12. The van der Waals surface area contributed by atoms with E-state index in [1.807, 2.05) is 0 Å². The molecule has 1 aliphatic carbocycles. The van der Waals surface area contributed by atoms with E-state index >= 15 is 0 Å². The van der Waals surface area contributed by atoms with E-state index in [0.717, 1.165) is 39.9 Å². The van der Waals surface area contributed by atoms with Gasteiger partial charge in [-0.05, 0) is 132 Å². The molecule has 66 heavy (non-hydrogen) atoms. The van der Waals surface area contributed by atoms with E-state index in [-0.39, 0.29) is 21.7 Å². The number of nitrogens with zero attached hydrogens (tertiary/aromatic N) is 3. The first kappa shape index (κ1) is 43.3. The van der Waals surface area contributed by atoms with Gasteiger partial charge >= 0.3 is 0 Å². The predicted octanol–water partition coefficient (Wildman–Crippen LogP) is 15.7. The van der Waals surface area contributed by atoms with Gasteiger partial charge in [-0.3, -0.25) is 9.13 Å². The number of benzene rings is 7. The number of hydrogen-bond acceptors (Lipinski definition) is 2. The second-order valence-corrected chi connectivity index (χ2v) is 22.6. The summed E-state index contributed by atoms with van der Waals surface area (Å²) in [7, 11) is 0. The van der Waals surface area contributed by atoms with E-state index in [1.165, 1.54) is 55.6 Å². The Morgan fingerprint density at radius 2 is 0.985 bits per heavy atom. The molecule has 0 radical (unpaired) electrons. The molecular formula is C62H63N3O. The van der Waals surface area contributed by atoms with Gasteiger partial charge in [-0.1, -0.05) is 174 Å².